The van der Waals surface area contributed by atoms with Gasteiger partial charge in [0, 0.05) is 41.8 Å². The zero-order valence-electron chi connectivity index (χ0n) is 16.1. The van der Waals surface area contributed by atoms with E-state index in [1.807, 2.05) is 39.0 Å². The molecule has 0 spiro atoms. The second-order valence-electron chi connectivity index (χ2n) is 6.43. The Morgan fingerprint density at radius 1 is 1.22 bits per heavy atom. The fraction of sp³-hybridized carbons (Fsp3) is 0.300. The highest BCUT2D eigenvalue weighted by Crippen LogP contribution is 2.28. The normalized spacial score (nSPS) is 11.9. The van der Waals surface area contributed by atoms with Crippen molar-refractivity contribution in [2.45, 2.75) is 26.8 Å². The summed E-state index contributed by atoms with van der Waals surface area (Å²) in [6.45, 7) is 5.90. The maximum absolute atomic E-state index is 13.1. The van der Waals surface area contributed by atoms with Crippen molar-refractivity contribution in [2.75, 3.05) is 14.2 Å². The fourth-order valence-corrected chi connectivity index (χ4v) is 3.22. The van der Waals surface area contributed by atoms with Crippen LogP contribution in [0.4, 0.5) is 0 Å². The van der Waals surface area contributed by atoms with Crippen LogP contribution < -0.4 is 4.74 Å². The molecule has 1 N–H and O–H groups in total. The van der Waals surface area contributed by atoms with Crippen LogP contribution in [0, 0.1) is 13.8 Å². The lowest BCUT2D eigenvalue weighted by Crippen LogP contribution is -2.30. The van der Waals surface area contributed by atoms with Crippen LogP contribution >= 0.6 is 0 Å². The molecule has 7 nitrogen and oxygen atoms in total. The summed E-state index contributed by atoms with van der Waals surface area (Å²) >= 11 is 0. The Morgan fingerprint density at radius 2 is 1.96 bits per heavy atom. The first-order valence-corrected chi connectivity index (χ1v) is 8.68. The average molecular weight is 365 g/mol. The van der Waals surface area contributed by atoms with E-state index in [0.717, 1.165) is 22.5 Å². The maximum atomic E-state index is 13.1. The van der Waals surface area contributed by atoms with Gasteiger partial charge < -0.3 is 9.64 Å². The van der Waals surface area contributed by atoms with Gasteiger partial charge in [-0.15, -0.1) is 0 Å². The molecule has 0 radical (unpaired) electrons. The van der Waals surface area contributed by atoms with Crippen molar-refractivity contribution in [3.63, 3.8) is 0 Å². The summed E-state index contributed by atoms with van der Waals surface area (Å²) in [6.07, 6.45) is 3.17. The number of methoxy groups -OCH3 is 1. The molecule has 0 unspecified atom stereocenters. The number of hydrogen-bond acceptors (Lipinski definition) is 5. The van der Waals surface area contributed by atoms with Gasteiger partial charge in [-0.2, -0.15) is 5.10 Å². The van der Waals surface area contributed by atoms with E-state index in [-0.39, 0.29) is 11.9 Å². The first kappa shape index (κ1) is 18.6. The van der Waals surface area contributed by atoms with Crippen molar-refractivity contribution in [1.29, 1.82) is 0 Å². The van der Waals surface area contributed by atoms with Gasteiger partial charge in [0.15, 0.2) is 0 Å². The van der Waals surface area contributed by atoms with Gasteiger partial charge in [-0.1, -0.05) is 12.1 Å². The van der Waals surface area contributed by atoms with Gasteiger partial charge in [0.25, 0.3) is 5.91 Å². The van der Waals surface area contributed by atoms with Gasteiger partial charge >= 0.3 is 0 Å². The number of carbonyl (C=O) groups is 1. The van der Waals surface area contributed by atoms with E-state index in [9.17, 15) is 4.79 Å². The second kappa shape index (κ2) is 7.57. The third-order valence-electron chi connectivity index (χ3n) is 4.75. The number of hydrogen-bond donors (Lipinski definition) is 1. The number of nitrogens with zero attached hydrogens (tertiary/aromatic N) is 4. The number of nitrogens with one attached hydrogen (secondary N) is 1. The molecule has 0 fully saturated rings. The Hall–Kier alpha value is -3.22. The molecule has 0 aliphatic carbocycles. The van der Waals surface area contributed by atoms with Crippen LogP contribution in [0.1, 0.15) is 40.3 Å². The highest BCUT2D eigenvalue weighted by Gasteiger charge is 2.23. The minimum Gasteiger partial charge on any atom is -0.479 e. The molecule has 0 saturated heterocycles. The third kappa shape index (κ3) is 3.53. The van der Waals surface area contributed by atoms with Crippen LogP contribution in [0.5, 0.6) is 5.88 Å². The number of carbonyl (C=O) groups excluding carboxylic acids is 1. The summed E-state index contributed by atoms with van der Waals surface area (Å²) in [4.78, 5) is 23.3. The molecule has 0 saturated carbocycles. The summed E-state index contributed by atoms with van der Waals surface area (Å²) in [6, 6.07) is 7.23. The molecule has 0 bridgehead atoms. The Labute approximate surface area is 158 Å². The Morgan fingerprint density at radius 3 is 2.63 bits per heavy atom. The lowest BCUT2D eigenvalue weighted by Gasteiger charge is -2.25. The smallest absolute Gasteiger partial charge is 0.254 e. The van der Waals surface area contributed by atoms with Crippen molar-refractivity contribution < 1.29 is 9.53 Å². The van der Waals surface area contributed by atoms with Crippen molar-refractivity contribution in [3.8, 4) is 17.1 Å². The van der Waals surface area contributed by atoms with E-state index >= 15 is 0 Å². The van der Waals surface area contributed by atoms with Crippen molar-refractivity contribution in [2.24, 2.45) is 0 Å². The molecule has 7 heteroatoms. The first-order valence-electron chi connectivity index (χ1n) is 8.68. The van der Waals surface area contributed by atoms with E-state index in [0.29, 0.717) is 17.1 Å². The maximum Gasteiger partial charge on any atom is 0.254 e. The number of rotatable bonds is 5. The molecule has 3 rings (SSSR count). The van der Waals surface area contributed by atoms with E-state index in [2.05, 4.69) is 20.2 Å². The molecule has 1 aromatic carbocycles. The predicted molar refractivity (Wildman–Crippen MR) is 103 cm³/mol. The van der Waals surface area contributed by atoms with Gasteiger partial charge in [-0.25, -0.2) is 9.97 Å². The number of aryl methyl sites for hydroxylation is 2. The number of ether oxygens (including phenoxy) is 1. The van der Waals surface area contributed by atoms with Crippen LogP contribution in [-0.4, -0.2) is 45.1 Å². The van der Waals surface area contributed by atoms with Crippen molar-refractivity contribution in [1.82, 2.24) is 25.1 Å². The quantitative estimate of drug-likeness (QED) is 0.750. The van der Waals surface area contributed by atoms with Gasteiger partial charge in [-0.05, 0) is 32.9 Å². The Kier molecular flexibility index (Phi) is 5.21. The lowest BCUT2D eigenvalue weighted by molar-refractivity contribution is 0.0742. The fourth-order valence-electron chi connectivity index (χ4n) is 3.22. The highest BCUT2D eigenvalue weighted by atomic mass is 16.5. The minimum atomic E-state index is -0.106. The molecule has 3 aromatic rings. The van der Waals surface area contributed by atoms with Crippen LogP contribution in [0.25, 0.3) is 11.3 Å². The number of benzene rings is 1. The van der Waals surface area contributed by atoms with Gasteiger partial charge in [0.2, 0.25) is 5.88 Å². The SMILES string of the molecule is COc1nccnc1-c1cccc(C(=O)N(C)[C@H](C)c2c(C)n[nH]c2C)c1. The molecule has 140 valence electrons. The predicted octanol–water partition coefficient (Wildman–Crippen LogP) is 3.33. The topological polar surface area (TPSA) is 84.0 Å². The zero-order chi connectivity index (χ0) is 19.6. The summed E-state index contributed by atoms with van der Waals surface area (Å²) < 4.78 is 5.28. The van der Waals surface area contributed by atoms with Crippen molar-refractivity contribution >= 4 is 5.91 Å². The Balaban J connectivity index is 1.91. The number of aromatic amines is 1. The molecule has 2 heterocycles. The van der Waals surface area contributed by atoms with Crippen molar-refractivity contribution in [3.05, 3.63) is 59.2 Å². The van der Waals surface area contributed by atoms with Crippen LogP contribution in [0.2, 0.25) is 0 Å². The molecular formula is C20H23N5O2. The molecule has 0 aliphatic rings. The molecule has 2 aromatic heterocycles. The van der Waals surface area contributed by atoms with Gasteiger partial charge in [0.1, 0.15) is 5.69 Å². The molecule has 0 aliphatic heterocycles. The second-order valence-corrected chi connectivity index (χ2v) is 6.43. The minimum absolute atomic E-state index is 0.0767. The third-order valence-corrected chi connectivity index (χ3v) is 4.75. The number of aromatic nitrogens is 4. The molecule has 1 amide bonds. The Bertz CT molecular complexity index is 947. The van der Waals surface area contributed by atoms with Gasteiger partial charge in [0.05, 0.1) is 18.8 Å². The van der Waals surface area contributed by atoms with Crippen LogP contribution in [-0.2, 0) is 0 Å². The summed E-state index contributed by atoms with van der Waals surface area (Å²) in [5.41, 5.74) is 4.87. The van der Waals surface area contributed by atoms with E-state index in [1.165, 1.54) is 0 Å². The largest absolute Gasteiger partial charge is 0.479 e. The van der Waals surface area contributed by atoms with Crippen LogP contribution in [0.3, 0.4) is 0 Å². The monoisotopic (exact) mass is 365 g/mol. The summed E-state index contributed by atoms with van der Waals surface area (Å²) in [7, 11) is 3.35. The molecular weight excluding hydrogens is 342 g/mol. The van der Waals surface area contributed by atoms with E-state index in [1.54, 1.807) is 37.5 Å². The highest BCUT2D eigenvalue weighted by molar-refractivity contribution is 5.95. The molecule has 1 atom stereocenters. The van der Waals surface area contributed by atoms with E-state index in [4.69, 9.17) is 4.74 Å². The number of amides is 1. The zero-order valence-corrected chi connectivity index (χ0v) is 16.1. The first-order chi connectivity index (χ1) is 12.9. The molecule has 27 heavy (non-hydrogen) atoms. The average Bonchev–Trinajstić information content (AvgIpc) is 3.04. The van der Waals surface area contributed by atoms with Gasteiger partial charge in [-0.3, -0.25) is 9.89 Å². The number of H-pyrrole nitrogens is 1. The standard InChI is InChI=1S/C20H23N5O2/c1-12-17(13(2)24-23-12)14(3)25(4)20(26)16-8-6-7-15(11-16)18-19(27-5)22-10-9-21-18/h6-11,14H,1-5H3,(H,23,24)/t14-/m1/s1. The van der Waals surface area contributed by atoms with E-state index < -0.39 is 0 Å². The lowest BCUT2D eigenvalue weighted by atomic mass is 10.0. The summed E-state index contributed by atoms with van der Waals surface area (Å²) in [5.74, 6) is 0.348. The summed E-state index contributed by atoms with van der Waals surface area (Å²) in [5, 5.41) is 7.21. The van der Waals surface area contributed by atoms with Crippen LogP contribution in [0.15, 0.2) is 36.7 Å².